The van der Waals surface area contributed by atoms with Gasteiger partial charge in [-0.05, 0) is 62.0 Å². The van der Waals surface area contributed by atoms with Crippen molar-refractivity contribution >= 4 is 12.4 Å². The molecular weight excluding hydrogens is 282 g/mol. The summed E-state index contributed by atoms with van der Waals surface area (Å²) in [5.74, 6) is -1.51. The summed E-state index contributed by atoms with van der Waals surface area (Å²) in [7, 11) is 0. The highest BCUT2D eigenvalue weighted by atomic mass is 35.5. The fourth-order valence-electron chi connectivity index (χ4n) is 3.42. The van der Waals surface area contributed by atoms with E-state index in [0.29, 0.717) is 5.41 Å². The molecule has 2 saturated heterocycles. The lowest BCUT2D eigenvalue weighted by molar-refractivity contribution is 0.194. The van der Waals surface area contributed by atoms with E-state index in [1.807, 2.05) is 0 Å². The minimum absolute atomic E-state index is 0. The van der Waals surface area contributed by atoms with Crippen LogP contribution in [0.2, 0.25) is 0 Å². The van der Waals surface area contributed by atoms with E-state index in [1.165, 1.54) is 31.4 Å². The number of hydrogen-bond acceptors (Lipinski definition) is 2. The second-order valence-electron chi connectivity index (χ2n) is 5.96. The Bertz CT molecular complexity index is 461. The van der Waals surface area contributed by atoms with Crippen LogP contribution in [0.25, 0.3) is 0 Å². The number of likely N-dealkylation sites (tertiary alicyclic amines) is 1. The zero-order valence-electron chi connectivity index (χ0n) is 11.5. The number of benzene rings is 1. The van der Waals surface area contributed by atoms with Gasteiger partial charge in [-0.2, -0.15) is 0 Å². The van der Waals surface area contributed by atoms with Crippen LogP contribution in [-0.4, -0.2) is 31.1 Å². The van der Waals surface area contributed by atoms with Gasteiger partial charge in [-0.15, -0.1) is 12.4 Å². The van der Waals surface area contributed by atoms with Gasteiger partial charge < -0.3 is 5.32 Å². The van der Waals surface area contributed by atoms with E-state index >= 15 is 0 Å². The maximum Gasteiger partial charge on any atom is 0.159 e. The third kappa shape index (κ3) is 3.30. The highest BCUT2D eigenvalue weighted by Crippen LogP contribution is 2.38. The summed E-state index contributed by atoms with van der Waals surface area (Å²) in [5.41, 5.74) is 1.33. The summed E-state index contributed by atoms with van der Waals surface area (Å²) in [6.07, 6.45) is 3.71. The first-order valence-electron chi connectivity index (χ1n) is 7.04. The standard InChI is InChI=1S/C15H20F2N2.ClH/c16-13-2-1-12(9-14(13)17)10-19-8-5-15(11-19)3-6-18-7-4-15;/h1-2,9,18H,3-8,10-11H2;1H. The Morgan fingerprint density at radius 2 is 1.85 bits per heavy atom. The molecule has 0 aromatic heterocycles. The average molecular weight is 303 g/mol. The van der Waals surface area contributed by atoms with Crippen LogP contribution in [0.5, 0.6) is 0 Å². The second kappa shape index (κ2) is 6.37. The van der Waals surface area contributed by atoms with Crippen molar-refractivity contribution < 1.29 is 8.78 Å². The molecule has 1 aromatic rings. The fourth-order valence-corrected chi connectivity index (χ4v) is 3.42. The van der Waals surface area contributed by atoms with E-state index in [0.717, 1.165) is 38.3 Å². The first-order chi connectivity index (χ1) is 9.17. The van der Waals surface area contributed by atoms with Gasteiger partial charge in [-0.1, -0.05) is 6.07 Å². The Morgan fingerprint density at radius 3 is 2.55 bits per heavy atom. The van der Waals surface area contributed by atoms with Crippen molar-refractivity contribution in [3.63, 3.8) is 0 Å². The molecule has 2 heterocycles. The maximum absolute atomic E-state index is 13.2. The Kier molecular flexibility index (Phi) is 4.99. The number of halogens is 3. The van der Waals surface area contributed by atoms with Crippen molar-refractivity contribution in [2.45, 2.75) is 25.8 Å². The van der Waals surface area contributed by atoms with Gasteiger partial charge in [0.05, 0.1) is 0 Å². The zero-order chi connectivity index (χ0) is 13.3. The van der Waals surface area contributed by atoms with Crippen molar-refractivity contribution in [3.05, 3.63) is 35.4 Å². The molecule has 3 rings (SSSR count). The lowest BCUT2D eigenvalue weighted by Gasteiger charge is -2.33. The van der Waals surface area contributed by atoms with Crippen molar-refractivity contribution in [2.75, 3.05) is 26.2 Å². The minimum atomic E-state index is -0.764. The van der Waals surface area contributed by atoms with Crippen LogP contribution in [0, 0.1) is 17.0 Å². The summed E-state index contributed by atoms with van der Waals surface area (Å²) >= 11 is 0. The summed E-state index contributed by atoms with van der Waals surface area (Å²) in [6, 6.07) is 4.23. The van der Waals surface area contributed by atoms with Crippen LogP contribution in [0.4, 0.5) is 8.78 Å². The van der Waals surface area contributed by atoms with E-state index in [9.17, 15) is 8.78 Å². The second-order valence-corrected chi connectivity index (χ2v) is 5.96. The van der Waals surface area contributed by atoms with E-state index in [4.69, 9.17) is 0 Å². The highest BCUT2D eigenvalue weighted by molar-refractivity contribution is 5.85. The summed E-state index contributed by atoms with van der Waals surface area (Å²) in [5, 5.41) is 3.40. The number of hydrogen-bond donors (Lipinski definition) is 1. The summed E-state index contributed by atoms with van der Waals surface area (Å²) in [4.78, 5) is 2.37. The van der Waals surface area contributed by atoms with E-state index < -0.39 is 11.6 Å². The molecule has 0 bridgehead atoms. The Hall–Kier alpha value is -0.710. The predicted octanol–water partition coefficient (Wildman–Crippen LogP) is 2.96. The van der Waals surface area contributed by atoms with Gasteiger partial charge in [0.1, 0.15) is 0 Å². The van der Waals surface area contributed by atoms with Crippen molar-refractivity contribution in [1.82, 2.24) is 10.2 Å². The van der Waals surface area contributed by atoms with Crippen LogP contribution < -0.4 is 5.32 Å². The lowest BCUT2D eigenvalue weighted by Crippen LogP contribution is -2.38. The van der Waals surface area contributed by atoms with Gasteiger partial charge in [0, 0.05) is 13.1 Å². The van der Waals surface area contributed by atoms with Gasteiger partial charge in [0.2, 0.25) is 0 Å². The van der Waals surface area contributed by atoms with Crippen LogP contribution >= 0.6 is 12.4 Å². The topological polar surface area (TPSA) is 15.3 Å². The molecule has 0 saturated carbocycles. The van der Waals surface area contributed by atoms with Gasteiger partial charge >= 0.3 is 0 Å². The van der Waals surface area contributed by atoms with E-state index in [1.54, 1.807) is 6.07 Å². The maximum atomic E-state index is 13.2. The molecule has 112 valence electrons. The summed E-state index contributed by atoms with van der Waals surface area (Å²) < 4.78 is 26.1. The fraction of sp³-hybridized carbons (Fsp3) is 0.600. The minimum Gasteiger partial charge on any atom is -0.317 e. The lowest BCUT2D eigenvalue weighted by atomic mass is 9.78. The molecule has 1 spiro atoms. The van der Waals surface area contributed by atoms with Crippen molar-refractivity contribution in [3.8, 4) is 0 Å². The third-order valence-electron chi connectivity index (χ3n) is 4.57. The molecule has 0 atom stereocenters. The van der Waals surface area contributed by atoms with E-state index in [2.05, 4.69) is 10.2 Å². The monoisotopic (exact) mass is 302 g/mol. The molecule has 2 nitrogen and oxygen atoms in total. The Morgan fingerprint density at radius 1 is 1.10 bits per heavy atom. The molecule has 0 unspecified atom stereocenters. The van der Waals surface area contributed by atoms with Crippen LogP contribution in [0.3, 0.4) is 0 Å². The molecule has 0 radical (unpaired) electrons. The molecule has 5 heteroatoms. The van der Waals surface area contributed by atoms with Crippen molar-refractivity contribution in [2.24, 2.45) is 5.41 Å². The largest absolute Gasteiger partial charge is 0.317 e. The molecule has 1 aromatic carbocycles. The Labute approximate surface area is 124 Å². The molecule has 2 fully saturated rings. The quantitative estimate of drug-likeness (QED) is 0.903. The van der Waals surface area contributed by atoms with Gasteiger partial charge in [-0.25, -0.2) is 8.78 Å². The average Bonchev–Trinajstić information content (AvgIpc) is 2.78. The van der Waals surface area contributed by atoms with Gasteiger partial charge in [0.15, 0.2) is 11.6 Å². The number of rotatable bonds is 2. The normalized spacial score (nSPS) is 21.9. The predicted molar refractivity (Wildman–Crippen MR) is 78.0 cm³/mol. The highest BCUT2D eigenvalue weighted by Gasteiger charge is 2.38. The van der Waals surface area contributed by atoms with Gasteiger partial charge in [0.25, 0.3) is 0 Å². The Balaban J connectivity index is 0.00000147. The number of nitrogens with zero attached hydrogens (tertiary/aromatic N) is 1. The first kappa shape index (κ1) is 15.7. The number of nitrogens with one attached hydrogen (secondary N) is 1. The molecule has 0 amide bonds. The SMILES string of the molecule is Cl.Fc1ccc(CN2CCC3(CCNCC3)C2)cc1F. The van der Waals surface area contributed by atoms with Crippen LogP contribution in [0.15, 0.2) is 18.2 Å². The molecule has 2 aliphatic heterocycles. The van der Waals surface area contributed by atoms with Crippen molar-refractivity contribution in [1.29, 1.82) is 0 Å². The zero-order valence-corrected chi connectivity index (χ0v) is 12.3. The molecular formula is C15H21ClF2N2. The smallest absolute Gasteiger partial charge is 0.159 e. The summed E-state index contributed by atoms with van der Waals surface area (Å²) in [6.45, 7) is 5.11. The van der Waals surface area contributed by atoms with Crippen LogP contribution in [0.1, 0.15) is 24.8 Å². The number of piperidine rings is 1. The van der Waals surface area contributed by atoms with E-state index in [-0.39, 0.29) is 12.4 Å². The van der Waals surface area contributed by atoms with Crippen LogP contribution in [-0.2, 0) is 6.54 Å². The molecule has 0 aliphatic carbocycles. The third-order valence-corrected chi connectivity index (χ3v) is 4.57. The molecule has 2 aliphatic rings. The van der Waals surface area contributed by atoms with Gasteiger partial charge in [-0.3, -0.25) is 4.90 Å². The molecule has 1 N–H and O–H groups in total. The first-order valence-corrected chi connectivity index (χ1v) is 7.04. The molecule has 20 heavy (non-hydrogen) atoms.